The molecule has 3 aromatic rings. The maximum absolute atomic E-state index is 13.4. The number of ether oxygens (including phenoxy) is 2. The van der Waals surface area contributed by atoms with Crippen LogP contribution in [0.5, 0.6) is 11.5 Å². The Morgan fingerprint density at radius 3 is 2.15 bits per heavy atom. The molecule has 1 aliphatic heterocycles. The highest BCUT2D eigenvalue weighted by Crippen LogP contribution is 2.30. The third kappa shape index (κ3) is 5.00. The molecule has 0 unspecified atom stereocenters. The average Bonchev–Trinajstić information content (AvgIpc) is 2.89. The van der Waals surface area contributed by atoms with Crippen molar-refractivity contribution in [2.45, 2.75) is 4.90 Å². The van der Waals surface area contributed by atoms with Gasteiger partial charge in [0.05, 0.1) is 24.8 Å². The Bertz CT molecular complexity index is 1240. The second-order valence-electron chi connectivity index (χ2n) is 7.77. The molecule has 0 atom stereocenters. The topological polar surface area (TPSA) is 88.2 Å². The van der Waals surface area contributed by atoms with Gasteiger partial charge in [-0.05, 0) is 54.6 Å². The Balaban J connectivity index is 1.49. The van der Waals surface area contributed by atoms with Gasteiger partial charge in [-0.3, -0.25) is 4.79 Å². The molecule has 0 radical (unpaired) electrons. The van der Waals surface area contributed by atoms with Crippen molar-refractivity contribution in [2.24, 2.45) is 0 Å². The minimum Gasteiger partial charge on any atom is -0.497 e. The van der Waals surface area contributed by atoms with E-state index < -0.39 is 10.0 Å². The summed E-state index contributed by atoms with van der Waals surface area (Å²) in [5.41, 5.74) is 1.79. The number of amides is 1. The van der Waals surface area contributed by atoms with E-state index in [9.17, 15) is 13.2 Å². The standard InChI is InChI=1S/C25H27N3O5S/c1-32-21-10-8-20(9-11-21)27-14-16-28(17-15-27)34(30,31)22-12-13-24(33-2)23(18-22)26-25(29)19-6-4-3-5-7-19/h3-13,18H,14-17H2,1-2H3,(H,26,29). The molecule has 4 rings (SSSR count). The molecule has 1 fully saturated rings. The second-order valence-corrected chi connectivity index (χ2v) is 9.71. The van der Waals surface area contributed by atoms with Gasteiger partial charge in [-0.15, -0.1) is 0 Å². The van der Waals surface area contributed by atoms with Crippen molar-refractivity contribution >= 4 is 27.3 Å². The van der Waals surface area contributed by atoms with Gasteiger partial charge in [0, 0.05) is 37.4 Å². The predicted molar refractivity (Wildman–Crippen MR) is 131 cm³/mol. The Kier molecular flexibility index (Phi) is 7.04. The van der Waals surface area contributed by atoms with Crippen molar-refractivity contribution in [3.8, 4) is 11.5 Å². The van der Waals surface area contributed by atoms with Gasteiger partial charge >= 0.3 is 0 Å². The maximum Gasteiger partial charge on any atom is 0.255 e. The molecule has 0 spiro atoms. The molecule has 1 amide bonds. The minimum atomic E-state index is -3.75. The van der Waals surface area contributed by atoms with E-state index in [1.165, 1.54) is 23.5 Å². The monoisotopic (exact) mass is 481 g/mol. The largest absolute Gasteiger partial charge is 0.497 e. The third-order valence-corrected chi connectivity index (χ3v) is 7.66. The molecular weight excluding hydrogens is 454 g/mol. The summed E-state index contributed by atoms with van der Waals surface area (Å²) in [6, 6.07) is 20.9. The molecule has 1 saturated heterocycles. The van der Waals surface area contributed by atoms with Gasteiger partial charge in [-0.25, -0.2) is 8.42 Å². The van der Waals surface area contributed by atoms with Crippen LogP contribution in [0.15, 0.2) is 77.7 Å². The van der Waals surface area contributed by atoms with Crippen LogP contribution in [0, 0.1) is 0 Å². The fourth-order valence-electron chi connectivity index (χ4n) is 3.86. The van der Waals surface area contributed by atoms with E-state index in [1.54, 1.807) is 37.4 Å². The molecule has 1 aliphatic rings. The number of anilines is 2. The quantitative estimate of drug-likeness (QED) is 0.556. The lowest BCUT2D eigenvalue weighted by Crippen LogP contribution is -2.48. The van der Waals surface area contributed by atoms with E-state index in [-0.39, 0.29) is 10.8 Å². The van der Waals surface area contributed by atoms with Gasteiger partial charge in [0.2, 0.25) is 10.0 Å². The van der Waals surface area contributed by atoms with Crippen LogP contribution in [-0.4, -0.2) is 59.0 Å². The van der Waals surface area contributed by atoms with Crippen LogP contribution in [0.4, 0.5) is 11.4 Å². The summed E-state index contributed by atoms with van der Waals surface area (Å²) in [6.07, 6.45) is 0. The van der Waals surface area contributed by atoms with Crippen LogP contribution in [0.2, 0.25) is 0 Å². The number of carbonyl (C=O) groups excluding carboxylic acids is 1. The molecule has 0 bridgehead atoms. The molecule has 9 heteroatoms. The smallest absolute Gasteiger partial charge is 0.255 e. The molecule has 8 nitrogen and oxygen atoms in total. The highest BCUT2D eigenvalue weighted by molar-refractivity contribution is 7.89. The van der Waals surface area contributed by atoms with Gasteiger partial charge in [-0.2, -0.15) is 4.31 Å². The van der Waals surface area contributed by atoms with Crippen molar-refractivity contribution in [3.63, 3.8) is 0 Å². The third-order valence-electron chi connectivity index (χ3n) is 5.77. The lowest BCUT2D eigenvalue weighted by molar-refractivity contribution is 0.102. The van der Waals surface area contributed by atoms with Crippen LogP contribution >= 0.6 is 0 Å². The van der Waals surface area contributed by atoms with Gasteiger partial charge in [-0.1, -0.05) is 18.2 Å². The first-order valence-corrected chi connectivity index (χ1v) is 12.3. The van der Waals surface area contributed by atoms with E-state index in [2.05, 4.69) is 10.2 Å². The van der Waals surface area contributed by atoms with Crippen LogP contribution in [0.25, 0.3) is 0 Å². The summed E-state index contributed by atoms with van der Waals surface area (Å²) in [4.78, 5) is 14.9. The molecular formula is C25H27N3O5S. The first kappa shape index (κ1) is 23.6. The second kappa shape index (κ2) is 10.1. The number of sulfonamides is 1. The van der Waals surface area contributed by atoms with Crippen molar-refractivity contribution in [3.05, 3.63) is 78.4 Å². The molecule has 178 valence electrons. The van der Waals surface area contributed by atoms with E-state index in [1.807, 2.05) is 30.3 Å². The molecule has 1 N–H and O–H groups in total. The SMILES string of the molecule is COc1ccc(N2CCN(S(=O)(=O)c3ccc(OC)c(NC(=O)c4ccccc4)c3)CC2)cc1. The Morgan fingerprint density at radius 2 is 1.53 bits per heavy atom. The van der Waals surface area contributed by atoms with E-state index >= 15 is 0 Å². The van der Waals surface area contributed by atoms with Crippen molar-refractivity contribution in [2.75, 3.05) is 50.6 Å². The van der Waals surface area contributed by atoms with Gasteiger partial charge in [0.1, 0.15) is 11.5 Å². The number of rotatable bonds is 7. The number of hydrogen-bond acceptors (Lipinski definition) is 6. The van der Waals surface area contributed by atoms with Gasteiger partial charge < -0.3 is 19.7 Å². The summed E-state index contributed by atoms with van der Waals surface area (Å²) >= 11 is 0. The summed E-state index contributed by atoms with van der Waals surface area (Å²) < 4.78 is 38.7. The van der Waals surface area contributed by atoms with Gasteiger partial charge in [0.15, 0.2) is 0 Å². The first-order chi connectivity index (χ1) is 16.4. The lowest BCUT2D eigenvalue weighted by Gasteiger charge is -2.35. The van der Waals surface area contributed by atoms with Gasteiger partial charge in [0.25, 0.3) is 5.91 Å². The summed E-state index contributed by atoms with van der Waals surface area (Å²) in [5.74, 6) is 0.814. The van der Waals surface area contributed by atoms with Crippen LogP contribution < -0.4 is 19.7 Å². The normalized spacial score (nSPS) is 14.5. The molecule has 0 saturated carbocycles. The van der Waals surface area contributed by atoms with Crippen molar-refractivity contribution < 1.29 is 22.7 Å². The van der Waals surface area contributed by atoms with Crippen LogP contribution in [0.3, 0.4) is 0 Å². The lowest BCUT2D eigenvalue weighted by atomic mass is 10.2. The van der Waals surface area contributed by atoms with E-state index in [4.69, 9.17) is 9.47 Å². The number of nitrogens with zero attached hydrogens (tertiary/aromatic N) is 2. The fraction of sp³-hybridized carbons (Fsp3) is 0.240. The Morgan fingerprint density at radius 1 is 0.853 bits per heavy atom. The van der Waals surface area contributed by atoms with Crippen LogP contribution in [-0.2, 0) is 10.0 Å². The Labute approximate surface area is 199 Å². The van der Waals surface area contributed by atoms with E-state index in [0.29, 0.717) is 43.2 Å². The molecule has 1 heterocycles. The number of methoxy groups -OCH3 is 2. The predicted octanol–water partition coefficient (Wildman–Crippen LogP) is 3.47. The highest BCUT2D eigenvalue weighted by Gasteiger charge is 2.29. The number of hydrogen-bond donors (Lipinski definition) is 1. The highest BCUT2D eigenvalue weighted by atomic mass is 32.2. The first-order valence-electron chi connectivity index (χ1n) is 10.9. The van der Waals surface area contributed by atoms with Crippen molar-refractivity contribution in [1.82, 2.24) is 4.31 Å². The van der Waals surface area contributed by atoms with Crippen LogP contribution in [0.1, 0.15) is 10.4 Å². The van der Waals surface area contributed by atoms with E-state index in [0.717, 1.165) is 11.4 Å². The van der Waals surface area contributed by atoms with Crippen molar-refractivity contribution in [1.29, 1.82) is 0 Å². The zero-order chi connectivity index (χ0) is 24.1. The number of benzene rings is 3. The molecule has 0 aliphatic carbocycles. The average molecular weight is 482 g/mol. The zero-order valence-electron chi connectivity index (χ0n) is 19.1. The zero-order valence-corrected chi connectivity index (χ0v) is 19.9. The summed E-state index contributed by atoms with van der Waals surface area (Å²) in [5, 5.41) is 2.77. The summed E-state index contributed by atoms with van der Waals surface area (Å²) in [7, 11) is -0.653. The summed E-state index contributed by atoms with van der Waals surface area (Å²) in [6.45, 7) is 1.84. The number of nitrogens with one attached hydrogen (secondary N) is 1. The number of piperazine rings is 1. The molecule has 3 aromatic carbocycles. The molecule has 34 heavy (non-hydrogen) atoms. The maximum atomic E-state index is 13.4. The number of carbonyl (C=O) groups is 1. The molecule has 0 aromatic heterocycles. The Hall–Kier alpha value is -3.56. The minimum absolute atomic E-state index is 0.106. The fourth-order valence-corrected chi connectivity index (χ4v) is 5.31.